The van der Waals surface area contributed by atoms with Crippen molar-refractivity contribution in [3.05, 3.63) is 23.3 Å². The molecule has 0 aromatic heterocycles. The molecular weight excluding hydrogens is 416 g/mol. The zero-order valence-corrected chi connectivity index (χ0v) is 17.4. The summed E-state index contributed by atoms with van der Waals surface area (Å²) in [4.78, 5) is 39.3. The van der Waals surface area contributed by atoms with Gasteiger partial charge in [-0.25, -0.2) is 13.2 Å². The van der Waals surface area contributed by atoms with E-state index in [0.29, 0.717) is 17.7 Å². The van der Waals surface area contributed by atoms with Gasteiger partial charge in [-0.1, -0.05) is 0 Å². The van der Waals surface area contributed by atoms with Crippen LogP contribution < -0.4 is 14.8 Å². The number of carbonyl (C=O) groups is 3. The Morgan fingerprint density at radius 3 is 2.60 bits per heavy atom. The molecule has 0 bridgehead atoms. The van der Waals surface area contributed by atoms with Crippen molar-refractivity contribution in [3.63, 3.8) is 0 Å². The van der Waals surface area contributed by atoms with E-state index in [2.05, 4.69) is 5.32 Å². The van der Waals surface area contributed by atoms with Crippen molar-refractivity contribution < 1.29 is 37.0 Å². The molecule has 0 radical (unpaired) electrons. The van der Waals surface area contributed by atoms with Crippen LogP contribution in [0.2, 0.25) is 0 Å². The highest BCUT2D eigenvalue weighted by Crippen LogP contribution is 2.45. The molecule has 3 aliphatic heterocycles. The van der Waals surface area contributed by atoms with Crippen LogP contribution in [0, 0.1) is 0 Å². The summed E-state index contributed by atoms with van der Waals surface area (Å²) in [5.74, 6) is -0.989. The van der Waals surface area contributed by atoms with E-state index in [1.165, 1.54) is 19.1 Å². The van der Waals surface area contributed by atoms with Crippen LogP contribution in [0.25, 0.3) is 0 Å². The lowest BCUT2D eigenvalue weighted by molar-refractivity contribution is -0.145. The zero-order chi connectivity index (χ0) is 21.6. The predicted molar refractivity (Wildman–Crippen MR) is 103 cm³/mol. The molecule has 0 aliphatic carbocycles. The largest absolute Gasteiger partial charge is 0.493 e. The highest BCUT2D eigenvalue weighted by Gasteiger charge is 2.48. The van der Waals surface area contributed by atoms with Gasteiger partial charge >= 0.3 is 5.97 Å². The molecule has 4 rings (SSSR count). The van der Waals surface area contributed by atoms with Crippen molar-refractivity contribution in [2.45, 2.75) is 37.6 Å². The predicted octanol–water partition coefficient (Wildman–Crippen LogP) is 0.167. The van der Waals surface area contributed by atoms with Crippen molar-refractivity contribution >= 4 is 27.6 Å². The number of hydrogen-bond donors (Lipinski definition) is 1. The van der Waals surface area contributed by atoms with Crippen molar-refractivity contribution in [1.29, 1.82) is 0 Å². The molecule has 2 unspecified atom stereocenters. The summed E-state index contributed by atoms with van der Waals surface area (Å²) in [6.45, 7) is 0. The molecule has 1 aromatic rings. The van der Waals surface area contributed by atoms with Crippen LogP contribution in [0.4, 0.5) is 0 Å². The van der Waals surface area contributed by atoms with Crippen molar-refractivity contribution in [1.82, 2.24) is 10.2 Å². The number of fused-ring (bicyclic) bond motifs is 1. The molecule has 1 N–H and O–H groups in total. The zero-order valence-electron chi connectivity index (χ0n) is 16.5. The van der Waals surface area contributed by atoms with Crippen LogP contribution in [-0.2, 0) is 24.2 Å². The average molecular weight is 438 g/mol. The maximum atomic E-state index is 12.9. The summed E-state index contributed by atoms with van der Waals surface area (Å²) in [6.07, 6.45) is -0.351. The number of methoxy groups -OCH3 is 2. The van der Waals surface area contributed by atoms with Gasteiger partial charge in [0.1, 0.15) is 11.6 Å². The normalized spacial score (nSPS) is 27.0. The van der Waals surface area contributed by atoms with Gasteiger partial charge in [0.15, 0.2) is 21.3 Å². The van der Waals surface area contributed by atoms with Gasteiger partial charge in [-0.3, -0.25) is 14.5 Å². The van der Waals surface area contributed by atoms with Gasteiger partial charge in [-0.2, -0.15) is 0 Å². The summed E-state index contributed by atoms with van der Waals surface area (Å²) in [5.41, 5.74) is 0.566. The topological polar surface area (TPSA) is 128 Å². The number of cyclic esters (lactones) is 1. The van der Waals surface area contributed by atoms with Gasteiger partial charge in [0.2, 0.25) is 18.0 Å². The lowest BCUT2D eigenvalue weighted by Gasteiger charge is -2.29. The highest BCUT2D eigenvalue weighted by atomic mass is 32.2. The molecule has 0 saturated carbocycles. The van der Waals surface area contributed by atoms with Crippen LogP contribution in [0.3, 0.4) is 0 Å². The second-order valence-corrected chi connectivity index (χ2v) is 9.72. The molecular formula is C19H22N2O8S. The van der Waals surface area contributed by atoms with Crippen LogP contribution in [-0.4, -0.2) is 68.9 Å². The minimum absolute atomic E-state index is 0.0283. The third-order valence-electron chi connectivity index (χ3n) is 5.66. The fourth-order valence-electron chi connectivity index (χ4n) is 4.25. The lowest BCUT2D eigenvalue weighted by Crippen LogP contribution is -2.49. The number of amides is 2. The van der Waals surface area contributed by atoms with Gasteiger partial charge in [0.25, 0.3) is 0 Å². The van der Waals surface area contributed by atoms with Gasteiger partial charge in [0, 0.05) is 18.0 Å². The molecule has 3 aliphatic rings. The minimum atomic E-state index is -3.16. The molecule has 2 fully saturated rings. The van der Waals surface area contributed by atoms with Crippen LogP contribution in [0.15, 0.2) is 12.1 Å². The third kappa shape index (κ3) is 3.36. The van der Waals surface area contributed by atoms with Gasteiger partial charge in [-0.05, 0) is 25.0 Å². The fraction of sp³-hybridized carbons (Fsp3) is 0.526. The van der Waals surface area contributed by atoms with E-state index in [1.807, 2.05) is 0 Å². The number of likely N-dealkylation sites (tertiary alicyclic amines) is 1. The smallest absolute Gasteiger partial charge is 0.344 e. The Morgan fingerprint density at radius 1 is 1.20 bits per heavy atom. The summed E-state index contributed by atoms with van der Waals surface area (Å²) in [5, 5.41) is 2.73. The van der Waals surface area contributed by atoms with Crippen molar-refractivity contribution in [2.24, 2.45) is 0 Å². The third-order valence-corrected chi connectivity index (χ3v) is 7.42. The average Bonchev–Trinajstić information content (AvgIpc) is 3.35. The number of sulfone groups is 1. The van der Waals surface area contributed by atoms with E-state index >= 15 is 0 Å². The number of hydrogen-bond acceptors (Lipinski definition) is 8. The second kappa shape index (κ2) is 7.46. The molecule has 0 spiro atoms. The molecule has 11 heteroatoms. The molecule has 162 valence electrons. The quantitative estimate of drug-likeness (QED) is 0.644. The molecule has 2 amide bonds. The Kier molecular flexibility index (Phi) is 5.08. The SMILES string of the molecule is COc1ccc2c(c1OC)C(=O)OC2N1C(=O)CC[C@H]1C(=O)NC1CCS(=O)(=O)C1. The number of nitrogens with one attached hydrogen (secondary N) is 1. The number of nitrogens with zero attached hydrogens (tertiary/aromatic N) is 1. The molecule has 3 heterocycles. The fourth-order valence-corrected chi connectivity index (χ4v) is 5.92. The summed E-state index contributed by atoms with van der Waals surface area (Å²) in [7, 11) is -0.322. The van der Waals surface area contributed by atoms with E-state index in [0.717, 1.165) is 0 Å². The first-order valence-electron chi connectivity index (χ1n) is 9.53. The summed E-state index contributed by atoms with van der Waals surface area (Å²) < 4.78 is 39.3. The highest BCUT2D eigenvalue weighted by molar-refractivity contribution is 7.91. The van der Waals surface area contributed by atoms with Gasteiger partial charge in [-0.15, -0.1) is 0 Å². The van der Waals surface area contributed by atoms with Crippen LogP contribution >= 0.6 is 0 Å². The molecule has 10 nitrogen and oxygen atoms in total. The van der Waals surface area contributed by atoms with E-state index < -0.39 is 40.0 Å². The number of benzene rings is 1. The Morgan fingerprint density at radius 2 is 1.97 bits per heavy atom. The summed E-state index contributed by atoms with van der Waals surface area (Å²) >= 11 is 0. The molecule has 2 saturated heterocycles. The monoisotopic (exact) mass is 438 g/mol. The Hall–Kier alpha value is -2.82. The first-order valence-corrected chi connectivity index (χ1v) is 11.4. The maximum absolute atomic E-state index is 12.9. The van der Waals surface area contributed by atoms with Gasteiger partial charge < -0.3 is 19.5 Å². The second-order valence-electron chi connectivity index (χ2n) is 7.49. The van der Waals surface area contributed by atoms with E-state index in [9.17, 15) is 22.8 Å². The number of ether oxygens (including phenoxy) is 3. The molecule has 1 aromatic carbocycles. The maximum Gasteiger partial charge on any atom is 0.344 e. The van der Waals surface area contributed by atoms with Crippen molar-refractivity contribution in [2.75, 3.05) is 25.7 Å². The van der Waals surface area contributed by atoms with Crippen LogP contribution in [0.5, 0.6) is 11.5 Å². The Balaban J connectivity index is 1.61. The number of esters is 1. The number of rotatable bonds is 5. The Labute approximate surface area is 173 Å². The first kappa shape index (κ1) is 20.5. The van der Waals surface area contributed by atoms with E-state index in [-0.39, 0.29) is 41.6 Å². The Bertz CT molecular complexity index is 1020. The van der Waals surface area contributed by atoms with E-state index in [1.54, 1.807) is 12.1 Å². The van der Waals surface area contributed by atoms with Gasteiger partial charge in [0.05, 0.1) is 25.7 Å². The van der Waals surface area contributed by atoms with E-state index in [4.69, 9.17) is 14.2 Å². The first-order chi connectivity index (χ1) is 14.3. The minimum Gasteiger partial charge on any atom is -0.493 e. The standard InChI is InChI=1S/C19H22N2O8S/c1-27-13-5-3-11-15(16(13)28-2)19(24)29-18(11)21-12(4-6-14(21)22)17(23)20-10-7-8-30(25,26)9-10/h3,5,10,12,18H,4,6-9H2,1-2H3,(H,20,23)/t10?,12-,18?/m0/s1. The molecule has 3 atom stereocenters. The molecule has 30 heavy (non-hydrogen) atoms. The number of carbonyl (C=O) groups excluding carboxylic acids is 3. The summed E-state index contributed by atoms with van der Waals surface area (Å²) in [6, 6.07) is 1.86. The lowest BCUT2D eigenvalue weighted by atomic mass is 10.0. The van der Waals surface area contributed by atoms with Crippen LogP contribution in [0.1, 0.15) is 41.4 Å². The van der Waals surface area contributed by atoms with Crippen molar-refractivity contribution in [3.8, 4) is 11.5 Å².